The Labute approximate surface area is 105 Å². The zero-order valence-electron chi connectivity index (χ0n) is 11.1. The lowest BCUT2D eigenvalue weighted by molar-refractivity contribution is 0.212. The van der Waals surface area contributed by atoms with Gasteiger partial charge < -0.3 is 5.32 Å². The average Bonchev–Trinajstić information content (AvgIpc) is 2.42. The summed E-state index contributed by atoms with van der Waals surface area (Å²) in [6, 6.07) is 0. The van der Waals surface area contributed by atoms with Gasteiger partial charge in [-0.1, -0.05) is 27.2 Å². The van der Waals surface area contributed by atoms with Gasteiger partial charge in [-0.2, -0.15) is 0 Å². The van der Waals surface area contributed by atoms with Gasteiger partial charge in [0.2, 0.25) is 0 Å². The fraction of sp³-hybridized carbons (Fsp3) is 1.00. The van der Waals surface area contributed by atoms with Crippen molar-refractivity contribution in [1.29, 1.82) is 0 Å². The quantitative estimate of drug-likeness (QED) is 0.687. The summed E-state index contributed by atoms with van der Waals surface area (Å²) in [6.07, 6.45) is 8.41. The molecule has 1 saturated carbocycles. The Balaban J connectivity index is 1.97. The van der Waals surface area contributed by atoms with E-state index in [-0.39, 0.29) is 0 Å². The molecule has 0 radical (unpaired) electrons. The number of hydrogen-bond acceptors (Lipinski definition) is 2. The summed E-state index contributed by atoms with van der Waals surface area (Å²) < 4.78 is 0. The first-order valence-electron chi connectivity index (χ1n) is 6.91. The lowest BCUT2D eigenvalue weighted by Gasteiger charge is -2.37. The maximum Gasteiger partial charge on any atom is 0.0645 e. The van der Waals surface area contributed by atoms with Crippen LogP contribution in [0.25, 0.3) is 0 Å². The predicted molar refractivity (Wildman–Crippen MR) is 73.8 cm³/mol. The molecule has 1 aliphatic heterocycles. The zero-order valence-corrected chi connectivity index (χ0v) is 12.0. The standard InChI is InChI=1S/C14H27NS/c1-13(2,3)12-6-4-8-14(9-7-12)15-10-5-11-16-14/h12,15H,4-11H2,1-3H3. The van der Waals surface area contributed by atoms with Crippen LogP contribution in [0, 0.1) is 11.3 Å². The highest BCUT2D eigenvalue weighted by atomic mass is 32.2. The molecule has 2 rings (SSSR count). The first-order chi connectivity index (χ1) is 7.52. The van der Waals surface area contributed by atoms with E-state index in [1.165, 1.54) is 50.8 Å². The van der Waals surface area contributed by atoms with Crippen molar-refractivity contribution in [1.82, 2.24) is 5.32 Å². The molecule has 2 heteroatoms. The van der Waals surface area contributed by atoms with Crippen molar-refractivity contribution < 1.29 is 0 Å². The highest BCUT2D eigenvalue weighted by Gasteiger charge is 2.37. The fourth-order valence-electron chi connectivity index (χ4n) is 3.20. The third-order valence-corrected chi connectivity index (χ3v) is 6.00. The van der Waals surface area contributed by atoms with E-state index in [0.29, 0.717) is 10.3 Å². The van der Waals surface area contributed by atoms with E-state index >= 15 is 0 Å². The molecule has 1 nitrogen and oxygen atoms in total. The van der Waals surface area contributed by atoms with Crippen molar-refractivity contribution in [2.45, 2.75) is 64.2 Å². The zero-order chi connectivity index (χ0) is 11.6. The van der Waals surface area contributed by atoms with Crippen LogP contribution in [-0.4, -0.2) is 17.2 Å². The van der Waals surface area contributed by atoms with Gasteiger partial charge in [0.05, 0.1) is 4.87 Å². The van der Waals surface area contributed by atoms with Gasteiger partial charge in [0.15, 0.2) is 0 Å². The average molecular weight is 241 g/mol. The molecule has 0 amide bonds. The van der Waals surface area contributed by atoms with E-state index in [0.717, 1.165) is 5.92 Å². The third-order valence-electron chi connectivity index (χ3n) is 4.40. The molecule has 2 fully saturated rings. The van der Waals surface area contributed by atoms with E-state index in [4.69, 9.17) is 0 Å². The molecule has 2 aliphatic rings. The molecule has 0 bridgehead atoms. The van der Waals surface area contributed by atoms with Gasteiger partial charge in [-0.3, -0.25) is 0 Å². The molecule has 0 aromatic carbocycles. The molecule has 1 aliphatic carbocycles. The fourth-order valence-corrected chi connectivity index (χ4v) is 4.64. The number of thioether (sulfide) groups is 1. The van der Waals surface area contributed by atoms with Gasteiger partial charge in [0.1, 0.15) is 0 Å². The summed E-state index contributed by atoms with van der Waals surface area (Å²) in [7, 11) is 0. The molecule has 2 atom stereocenters. The first-order valence-corrected chi connectivity index (χ1v) is 7.89. The summed E-state index contributed by atoms with van der Waals surface area (Å²) in [4.78, 5) is 0.457. The first kappa shape index (κ1) is 12.8. The van der Waals surface area contributed by atoms with Crippen LogP contribution in [0.5, 0.6) is 0 Å². The lowest BCUT2D eigenvalue weighted by atomic mass is 9.76. The minimum atomic E-state index is 0.457. The maximum absolute atomic E-state index is 3.81. The maximum atomic E-state index is 3.81. The second-order valence-electron chi connectivity index (χ2n) is 6.62. The van der Waals surface area contributed by atoms with E-state index < -0.39 is 0 Å². The van der Waals surface area contributed by atoms with Crippen LogP contribution < -0.4 is 5.32 Å². The highest BCUT2D eigenvalue weighted by Crippen LogP contribution is 2.44. The normalized spacial score (nSPS) is 37.3. The van der Waals surface area contributed by atoms with Crippen molar-refractivity contribution in [3.63, 3.8) is 0 Å². The molecule has 2 unspecified atom stereocenters. The molecule has 94 valence electrons. The van der Waals surface area contributed by atoms with Crippen molar-refractivity contribution >= 4 is 11.8 Å². The molecule has 16 heavy (non-hydrogen) atoms. The molecule has 1 heterocycles. The van der Waals surface area contributed by atoms with Crippen molar-refractivity contribution in [3.8, 4) is 0 Å². The van der Waals surface area contributed by atoms with E-state index in [9.17, 15) is 0 Å². The van der Waals surface area contributed by atoms with Crippen LogP contribution in [0.2, 0.25) is 0 Å². The van der Waals surface area contributed by atoms with Crippen LogP contribution in [0.4, 0.5) is 0 Å². The van der Waals surface area contributed by atoms with Gasteiger partial charge in [0, 0.05) is 0 Å². The topological polar surface area (TPSA) is 12.0 Å². The van der Waals surface area contributed by atoms with Crippen LogP contribution >= 0.6 is 11.8 Å². The van der Waals surface area contributed by atoms with Crippen LogP contribution in [0.1, 0.15) is 59.3 Å². The van der Waals surface area contributed by atoms with Gasteiger partial charge in [-0.15, -0.1) is 11.8 Å². The van der Waals surface area contributed by atoms with Gasteiger partial charge in [-0.25, -0.2) is 0 Å². The Morgan fingerprint density at radius 3 is 2.56 bits per heavy atom. The van der Waals surface area contributed by atoms with E-state index in [1.807, 2.05) is 0 Å². The molecule has 0 aromatic heterocycles. The second-order valence-corrected chi connectivity index (χ2v) is 8.10. The lowest BCUT2D eigenvalue weighted by Crippen LogP contribution is -2.45. The molecule has 1 N–H and O–H groups in total. The number of rotatable bonds is 0. The van der Waals surface area contributed by atoms with Gasteiger partial charge >= 0.3 is 0 Å². The Bertz CT molecular complexity index is 225. The molecular formula is C14H27NS. The summed E-state index contributed by atoms with van der Waals surface area (Å²) in [6.45, 7) is 8.48. The molecule has 1 spiro atoms. The summed E-state index contributed by atoms with van der Waals surface area (Å²) in [5.74, 6) is 2.30. The van der Waals surface area contributed by atoms with Crippen molar-refractivity contribution in [2.24, 2.45) is 11.3 Å². The van der Waals surface area contributed by atoms with E-state index in [2.05, 4.69) is 37.8 Å². The Hall–Kier alpha value is 0.310. The minimum Gasteiger partial charge on any atom is -0.303 e. The van der Waals surface area contributed by atoms with Crippen LogP contribution in [0.3, 0.4) is 0 Å². The summed E-state index contributed by atoms with van der Waals surface area (Å²) >= 11 is 2.20. The SMILES string of the molecule is CC(C)(C)C1CCCC2(CC1)NCCCS2. The monoisotopic (exact) mass is 241 g/mol. The molecule has 1 saturated heterocycles. The Kier molecular flexibility index (Phi) is 3.90. The highest BCUT2D eigenvalue weighted by molar-refractivity contribution is 8.00. The van der Waals surface area contributed by atoms with E-state index in [1.54, 1.807) is 0 Å². The third kappa shape index (κ3) is 2.95. The number of nitrogens with one attached hydrogen (secondary N) is 1. The molecular weight excluding hydrogens is 214 g/mol. The largest absolute Gasteiger partial charge is 0.303 e. The number of hydrogen-bond donors (Lipinski definition) is 1. The van der Waals surface area contributed by atoms with Gasteiger partial charge in [-0.05, 0) is 55.7 Å². The smallest absolute Gasteiger partial charge is 0.0645 e. The predicted octanol–water partition coefficient (Wildman–Crippen LogP) is 4.04. The van der Waals surface area contributed by atoms with Gasteiger partial charge in [0.25, 0.3) is 0 Å². The molecule has 0 aromatic rings. The van der Waals surface area contributed by atoms with Crippen molar-refractivity contribution in [3.05, 3.63) is 0 Å². The Morgan fingerprint density at radius 2 is 1.94 bits per heavy atom. The second kappa shape index (κ2) is 4.89. The van der Waals surface area contributed by atoms with Crippen LogP contribution in [-0.2, 0) is 0 Å². The summed E-state index contributed by atoms with van der Waals surface area (Å²) in [5.41, 5.74) is 0.505. The van der Waals surface area contributed by atoms with Crippen molar-refractivity contribution in [2.75, 3.05) is 12.3 Å². The minimum absolute atomic E-state index is 0.457. The Morgan fingerprint density at radius 1 is 1.12 bits per heavy atom. The van der Waals surface area contributed by atoms with Crippen LogP contribution in [0.15, 0.2) is 0 Å². The summed E-state index contributed by atoms with van der Waals surface area (Å²) in [5, 5.41) is 3.81.